The van der Waals surface area contributed by atoms with Crippen LogP contribution in [0.4, 0.5) is 0 Å². The number of nitrogens with one attached hydrogen (secondary N) is 1. The summed E-state index contributed by atoms with van der Waals surface area (Å²) in [7, 11) is -1.51. The molecule has 1 saturated heterocycles. The number of ether oxygens (including phenoxy) is 1. The quantitative estimate of drug-likeness (QED) is 0.350. The Morgan fingerprint density at radius 2 is 1.64 bits per heavy atom. The van der Waals surface area contributed by atoms with Crippen LogP contribution in [0, 0.1) is 0 Å². The zero-order valence-electron chi connectivity index (χ0n) is 15.2. The molecule has 25 heavy (non-hydrogen) atoms. The average Bonchev–Trinajstić information content (AvgIpc) is 2.54. The van der Waals surface area contributed by atoms with Crippen molar-refractivity contribution in [2.24, 2.45) is 0 Å². The number of benzene rings is 1. The van der Waals surface area contributed by atoms with Crippen molar-refractivity contribution in [2.45, 2.75) is 45.0 Å². The van der Waals surface area contributed by atoms with Gasteiger partial charge in [0.15, 0.2) is 5.78 Å². The highest BCUT2D eigenvalue weighted by molar-refractivity contribution is 6.58. The van der Waals surface area contributed by atoms with E-state index in [-0.39, 0.29) is 5.78 Å². The lowest BCUT2D eigenvalue weighted by atomic mass is 9.80. The minimum absolute atomic E-state index is 0.0869. The molecule has 1 heterocycles. The van der Waals surface area contributed by atoms with Gasteiger partial charge in [0, 0.05) is 18.7 Å². The Kier molecular flexibility index (Phi) is 7.73. The summed E-state index contributed by atoms with van der Waals surface area (Å²) in [4.78, 5) is 12.0. The van der Waals surface area contributed by atoms with Crippen LogP contribution in [-0.2, 0) is 4.74 Å². The van der Waals surface area contributed by atoms with Gasteiger partial charge in [0.05, 0.1) is 17.8 Å². The van der Waals surface area contributed by atoms with Gasteiger partial charge in [-0.25, -0.2) is 0 Å². The SMILES string of the molecule is CC(C)(O)C(C)(C)O.O=C(c1ccc(B(O)O)cc1)C1CNCCO1. The molecule has 0 spiro atoms. The van der Waals surface area contributed by atoms with Gasteiger partial charge in [0.25, 0.3) is 0 Å². The zero-order valence-corrected chi connectivity index (χ0v) is 15.2. The first-order chi connectivity index (χ1) is 11.4. The van der Waals surface area contributed by atoms with E-state index in [2.05, 4.69) is 5.32 Å². The normalized spacial score (nSPS) is 18.2. The summed E-state index contributed by atoms with van der Waals surface area (Å²) in [5.41, 5.74) is -1.13. The van der Waals surface area contributed by atoms with Crippen LogP contribution < -0.4 is 10.8 Å². The van der Waals surface area contributed by atoms with Crippen LogP contribution in [0.1, 0.15) is 38.1 Å². The highest BCUT2D eigenvalue weighted by atomic mass is 16.5. The highest BCUT2D eigenvalue weighted by Gasteiger charge is 2.32. The summed E-state index contributed by atoms with van der Waals surface area (Å²) >= 11 is 0. The van der Waals surface area contributed by atoms with Gasteiger partial charge in [-0.2, -0.15) is 0 Å². The Morgan fingerprint density at radius 1 is 1.12 bits per heavy atom. The molecule has 1 aliphatic rings. The standard InChI is InChI=1S/C11H14BNO4.C6H14O2/c14-11(10-7-13-5-6-17-10)8-1-3-9(4-2-8)12(15)16;1-5(2,7)6(3,4)8/h1-4,10,13,15-16H,5-7H2;7-8H,1-4H3. The van der Waals surface area contributed by atoms with E-state index in [1.54, 1.807) is 39.8 Å². The summed E-state index contributed by atoms with van der Waals surface area (Å²) in [6.45, 7) is 8.12. The minimum atomic E-state index is -1.51. The number of Topliss-reactive ketones (excluding diaryl/α,β-unsaturated/α-hetero) is 1. The molecule has 1 atom stereocenters. The fourth-order valence-electron chi connectivity index (χ4n) is 1.74. The van der Waals surface area contributed by atoms with Crippen LogP contribution in [-0.4, -0.2) is 70.2 Å². The molecule has 8 heteroatoms. The summed E-state index contributed by atoms with van der Waals surface area (Å²) < 4.78 is 5.36. The Hall–Kier alpha value is -1.29. The zero-order chi connectivity index (χ0) is 19.3. The molecular formula is C17H28BNO6. The predicted molar refractivity (Wildman–Crippen MR) is 95.8 cm³/mol. The van der Waals surface area contributed by atoms with Gasteiger partial charge in [-0.05, 0) is 33.2 Å². The van der Waals surface area contributed by atoms with E-state index in [1.165, 1.54) is 12.1 Å². The van der Waals surface area contributed by atoms with Gasteiger partial charge >= 0.3 is 7.12 Å². The molecule has 0 amide bonds. The Morgan fingerprint density at radius 3 is 2.00 bits per heavy atom. The van der Waals surface area contributed by atoms with E-state index in [0.29, 0.717) is 24.2 Å². The van der Waals surface area contributed by atoms with Crippen molar-refractivity contribution >= 4 is 18.4 Å². The first-order valence-corrected chi connectivity index (χ1v) is 8.21. The third-order valence-corrected chi connectivity index (χ3v) is 4.21. The molecule has 5 N–H and O–H groups in total. The fraction of sp³-hybridized carbons (Fsp3) is 0.588. The van der Waals surface area contributed by atoms with Gasteiger partial charge < -0.3 is 30.3 Å². The second-order valence-corrected chi connectivity index (χ2v) is 7.04. The monoisotopic (exact) mass is 353 g/mol. The molecule has 1 unspecified atom stereocenters. The summed E-state index contributed by atoms with van der Waals surface area (Å²) in [6.07, 6.45) is -0.450. The molecule has 7 nitrogen and oxygen atoms in total. The molecule has 0 aromatic heterocycles. The van der Waals surface area contributed by atoms with Crippen LogP contribution in [0.15, 0.2) is 24.3 Å². The number of hydrogen-bond donors (Lipinski definition) is 5. The third-order valence-electron chi connectivity index (χ3n) is 4.21. The average molecular weight is 353 g/mol. The summed E-state index contributed by atoms with van der Waals surface area (Å²) in [6, 6.07) is 6.20. The first-order valence-electron chi connectivity index (χ1n) is 8.21. The number of ketones is 1. The van der Waals surface area contributed by atoms with Crippen LogP contribution in [0.5, 0.6) is 0 Å². The largest absolute Gasteiger partial charge is 0.488 e. The number of rotatable bonds is 4. The maximum Gasteiger partial charge on any atom is 0.488 e. The highest BCUT2D eigenvalue weighted by Crippen LogP contribution is 2.19. The maximum atomic E-state index is 12.0. The van der Waals surface area contributed by atoms with E-state index in [9.17, 15) is 4.79 Å². The number of hydrogen-bond acceptors (Lipinski definition) is 7. The number of aliphatic hydroxyl groups is 2. The summed E-state index contributed by atoms with van der Waals surface area (Å²) in [5, 5.41) is 39.2. The van der Waals surface area contributed by atoms with Gasteiger partial charge in [0.1, 0.15) is 6.10 Å². The maximum absolute atomic E-state index is 12.0. The lowest BCUT2D eigenvalue weighted by Crippen LogP contribution is -2.44. The van der Waals surface area contributed by atoms with Gasteiger partial charge in [-0.3, -0.25) is 4.79 Å². The molecule has 0 bridgehead atoms. The van der Waals surface area contributed by atoms with Crippen LogP contribution in [0.2, 0.25) is 0 Å². The van der Waals surface area contributed by atoms with E-state index in [0.717, 1.165) is 6.54 Å². The van der Waals surface area contributed by atoms with Crippen molar-refractivity contribution in [3.8, 4) is 0 Å². The number of carbonyl (C=O) groups is 1. The number of morpholine rings is 1. The fourth-order valence-corrected chi connectivity index (χ4v) is 1.74. The van der Waals surface area contributed by atoms with Crippen LogP contribution in [0.25, 0.3) is 0 Å². The smallest absolute Gasteiger partial charge is 0.423 e. The van der Waals surface area contributed by atoms with Crippen LogP contribution >= 0.6 is 0 Å². The molecule has 1 aromatic rings. The summed E-state index contributed by atoms with van der Waals surface area (Å²) in [5.74, 6) is -0.0869. The Labute approximate surface area is 148 Å². The van der Waals surface area contributed by atoms with E-state index < -0.39 is 24.4 Å². The van der Waals surface area contributed by atoms with Crippen LogP contribution in [0.3, 0.4) is 0 Å². The molecule has 1 fully saturated rings. The second kappa shape index (κ2) is 8.89. The van der Waals surface area contributed by atoms with Crippen molar-refractivity contribution in [1.29, 1.82) is 0 Å². The topological polar surface area (TPSA) is 119 Å². The molecule has 0 radical (unpaired) electrons. The molecule has 0 aliphatic carbocycles. The van der Waals surface area contributed by atoms with E-state index in [4.69, 9.17) is 25.0 Å². The molecular weight excluding hydrogens is 325 g/mol. The van der Waals surface area contributed by atoms with E-state index >= 15 is 0 Å². The number of carbonyl (C=O) groups excluding carboxylic acids is 1. The van der Waals surface area contributed by atoms with Gasteiger partial charge in [-0.1, -0.05) is 24.3 Å². The van der Waals surface area contributed by atoms with Crippen molar-refractivity contribution in [3.63, 3.8) is 0 Å². The molecule has 140 valence electrons. The molecule has 1 aliphatic heterocycles. The molecule has 1 aromatic carbocycles. The minimum Gasteiger partial charge on any atom is -0.423 e. The third kappa shape index (κ3) is 6.85. The molecule has 2 rings (SSSR count). The Balaban J connectivity index is 0.000000333. The van der Waals surface area contributed by atoms with E-state index in [1.807, 2.05) is 0 Å². The second-order valence-electron chi connectivity index (χ2n) is 7.04. The Bertz CT molecular complexity index is 530. The van der Waals surface area contributed by atoms with Crippen molar-refractivity contribution in [3.05, 3.63) is 29.8 Å². The first kappa shape index (κ1) is 21.8. The lowest BCUT2D eigenvalue weighted by molar-refractivity contribution is -0.107. The molecule has 0 saturated carbocycles. The van der Waals surface area contributed by atoms with Crippen molar-refractivity contribution < 1.29 is 29.8 Å². The van der Waals surface area contributed by atoms with Crippen molar-refractivity contribution in [1.82, 2.24) is 5.32 Å². The van der Waals surface area contributed by atoms with Gasteiger partial charge in [-0.15, -0.1) is 0 Å². The lowest BCUT2D eigenvalue weighted by Gasteiger charge is -2.31. The predicted octanol–water partition coefficient (Wildman–Crippen LogP) is -0.934. The van der Waals surface area contributed by atoms with Crippen molar-refractivity contribution in [2.75, 3.05) is 19.7 Å². The van der Waals surface area contributed by atoms with Gasteiger partial charge in [0.2, 0.25) is 0 Å².